The summed E-state index contributed by atoms with van der Waals surface area (Å²) in [6.45, 7) is 1.24. The van der Waals surface area contributed by atoms with Gasteiger partial charge in [0.05, 0.1) is 0 Å². The molecule has 8 heteroatoms. The molecule has 6 nitrogen and oxygen atoms in total. The molecule has 0 spiro atoms. The SMILES string of the molecule is CC(=O)On1nnnc1S.[NaH]. The van der Waals surface area contributed by atoms with Gasteiger partial charge in [0.25, 0.3) is 0 Å². The van der Waals surface area contributed by atoms with Crippen LogP contribution in [0.2, 0.25) is 0 Å². The summed E-state index contributed by atoms with van der Waals surface area (Å²) in [5.41, 5.74) is 0. The summed E-state index contributed by atoms with van der Waals surface area (Å²) in [5.74, 6) is -0.498. The zero-order chi connectivity index (χ0) is 7.56. The van der Waals surface area contributed by atoms with E-state index in [1.165, 1.54) is 6.92 Å². The van der Waals surface area contributed by atoms with E-state index >= 15 is 0 Å². The van der Waals surface area contributed by atoms with Crippen molar-refractivity contribution in [2.75, 3.05) is 0 Å². The average molecular weight is 184 g/mol. The van der Waals surface area contributed by atoms with Gasteiger partial charge in [0, 0.05) is 6.92 Å². The summed E-state index contributed by atoms with van der Waals surface area (Å²) in [4.78, 5) is 15.6. The predicted molar refractivity (Wildman–Crippen MR) is 39.5 cm³/mol. The zero-order valence-electron chi connectivity index (χ0n) is 5.05. The fourth-order valence-electron chi connectivity index (χ4n) is 0.355. The van der Waals surface area contributed by atoms with Crippen LogP contribution in [0.3, 0.4) is 0 Å². The molecule has 0 bridgehead atoms. The molecule has 0 atom stereocenters. The van der Waals surface area contributed by atoms with E-state index in [1.54, 1.807) is 0 Å². The van der Waals surface area contributed by atoms with Gasteiger partial charge in [-0.3, -0.25) is 0 Å². The predicted octanol–water partition coefficient (Wildman–Crippen LogP) is -1.71. The number of carbonyl (C=O) groups is 1. The topological polar surface area (TPSA) is 69.9 Å². The van der Waals surface area contributed by atoms with Gasteiger partial charge in [0.15, 0.2) is 0 Å². The summed E-state index contributed by atoms with van der Waals surface area (Å²) < 4.78 is 0. The van der Waals surface area contributed by atoms with E-state index in [0.717, 1.165) is 4.85 Å². The van der Waals surface area contributed by atoms with Crippen molar-refractivity contribution in [1.82, 2.24) is 20.4 Å². The summed E-state index contributed by atoms with van der Waals surface area (Å²) in [5, 5.41) is 9.97. The quantitative estimate of drug-likeness (QED) is 0.319. The minimum atomic E-state index is -0.498. The monoisotopic (exact) mass is 184 g/mol. The molecule has 56 valence electrons. The third-order valence-electron chi connectivity index (χ3n) is 0.642. The van der Waals surface area contributed by atoms with E-state index in [9.17, 15) is 4.79 Å². The average Bonchev–Trinajstić information content (AvgIpc) is 2.15. The molecule has 0 radical (unpaired) electrons. The molecule has 1 aromatic rings. The van der Waals surface area contributed by atoms with E-state index < -0.39 is 5.97 Å². The number of nitrogens with zero attached hydrogens (tertiary/aromatic N) is 4. The van der Waals surface area contributed by atoms with Crippen LogP contribution in [0.15, 0.2) is 5.16 Å². The second-order valence-electron chi connectivity index (χ2n) is 1.43. The number of hydrogen-bond acceptors (Lipinski definition) is 6. The molecule has 0 unspecified atom stereocenters. The third-order valence-corrected chi connectivity index (χ3v) is 0.902. The van der Waals surface area contributed by atoms with Gasteiger partial charge in [-0.1, -0.05) is 17.7 Å². The molecule has 0 aromatic carbocycles. The molecule has 0 aliphatic carbocycles. The molecular weight excluding hydrogens is 179 g/mol. The first-order valence-corrected chi connectivity index (χ1v) is 2.81. The van der Waals surface area contributed by atoms with E-state index in [4.69, 9.17) is 0 Å². The molecule has 0 saturated carbocycles. The number of hydrogen-bond donors (Lipinski definition) is 1. The first-order valence-electron chi connectivity index (χ1n) is 2.36. The standard InChI is InChI=1S/C3H4N4O2S.Na.H/c1-2(8)9-7-3(10)4-5-6-7;;/h1H3,(H,4,6,10);;. The molecule has 0 aliphatic heterocycles. The van der Waals surface area contributed by atoms with Crippen LogP contribution < -0.4 is 4.84 Å². The van der Waals surface area contributed by atoms with Gasteiger partial charge in [-0.15, -0.1) is 0 Å². The Hall–Kier alpha value is -0.110. The number of rotatable bonds is 1. The van der Waals surface area contributed by atoms with Crippen molar-refractivity contribution in [2.45, 2.75) is 12.1 Å². The van der Waals surface area contributed by atoms with Crippen LogP contribution in [-0.2, 0) is 4.79 Å². The number of tetrazole rings is 1. The van der Waals surface area contributed by atoms with Crippen LogP contribution in [0.25, 0.3) is 0 Å². The van der Waals surface area contributed by atoms with Gasteiger partial charge in [-0.2, -0.15) is 0 Å². The molecule has 0 aliphatic rings. The van der Waals surface area contributed by atoms with Crippen LogP contribution in [0.5, 0.6) is 0 Å². The second kappa shape index (κ2) is 4.70. The molecule has 1 aromatic heterocycles. The van der Waals surface area contributed by atoms with Crippen LogP contribution in [0.1, 0.15) is 6.92 Å². The fourth-order valence-corrected chi connectivity index (χ4v) is 0.476. The van der Waals surface area contributed by atoms with Crippen molar-refractivity contribution < 1.29 is 9.63 Å². The summed E-state index contributed by atoms with van der Waals surface area (Å²) in [6.07, 6.45) is 0. The van der Waals surface area contributed by atoms with E-state index in [1.807, 2.05) is 0 Å². The van der Waals surface area contributed by atoms with Gasteiger partial charge in [-0.05, 0) is 15.3 Å². The van der Waals surface area contributed by atoms with Crippen molar-refractivity contribution >= 4 is 48.2 Å². The van der Waals surface area contributed by atoms with Crippen LogP contribution in [-0.4, -0.2) is 55.9 Å². The Kier molecular flexibility index (Phi) is 4.66. The summed E-state index contributed by atoms with van der Waals surface area (Å²) in [7, 11) is 0. The second-order valence-corrected chi connectivity index (χ2v) is 1.83. The minimum absolute atomic E-state index is 0. The van der Waals surface area contributed by atoms with Crippen molar-refractivity contribution in [3.05, 3.63) is 0 Å². The van der Waals surface area contributed by atoms with Crippen molar-refractivity contribution in [1.29, 1.82) is 0 Å². The van der Waals surface area contributed by atoms with Gasteiger partial charge in [0.2, 0.25) is 5.16 Å². The number of thiol groups is 1. The molecular formula is C3H5N4NaO2S. The van der Waals surface area contributed by atoms with Crippen LogP contribution in [0, 0.1) is 0 Å². The Morgan fingerprint density at radius 2 is 2.36 bits per heavy atom. The molecule has 1 rings (SSSR count). The first kappa shape index (κ1) is 10.9. The Bertz CT molecular complexity index is 251. The zero-order valence-corrected chi connectivity index (χ0v) is 5.95. The van der Waals surface area contributed by atoms with Crippen LogP contribution >= 0.6 is 12.6 Å². The Morgan fingerprint density at radius 1 is 1.73 bits per heavy atom. The van der Waals surface area contributed by atoms with Crippen molar-refractivity contribution in [3.8, 4) is 0 Å². The van der Waals surface area contributed by atoms with E-state index in [-0.39, 0.29) is 34.7 Å². The molecule has 0 fully saturated rings. The normalized spacial score (nSPS) is 8.55. The van der Waals surface area contributed by atoms with Gasteiger partial charge in [-0.25, -0.2) is 4.79 Å². The molecule has 1 heterocycles. The van der Waals surface area contributed by atoms with E-state index in [0.29, 0.717) is 0 Å². The maximum atomic E-state index is 10.3. The molecule has 0 N–H and O–H groups in total. The van der Waals surface area contributed by atoms with E-state index in [2.05, 4.69) is 33.0 Å². The van der Waals surface area contributed by atoms with Gasteiger partial charge in [0.1, 0.15) is 0 Å². The first-order chi connectivity index (χ1) is 4.70. The van der Waals surface area contributed by atoms with Crippen molar-refractivity contribution in [2.24, 2.45) is 0 Å². The van der Waals surface area contributed by atoms with Crippen molar-refractivity contribution in [3.63, 3.8) is 0 Å². The summed E-state index contributed by atoms with van der Waals surface area (Å²) in [6, 6.07) is 0. The Morgan fingerprint density at radius 3 is 2.73 bits per heavy atom. The molecule has 0 saturated heterocycles. The molecule has 0 amide bonds. The molecule has 11 heavy (non-hydrogen) atoms. The Labute approximate surface area is 89.9 Å². The number of aromatic nitrogens is 4. The Balaban J connectivity index is 0.000001000. The fraction of sp³-hybridized carbons (Fsp3) is 0.333. The van der Waals surface area contributed by atoms with Gasteiger partial charge >= 0.3 is 35.5 Å². The number of carbonyl (C=O) groups excluding carboxylic acids is 1. The third kappa shape index (κ3) is 3.19. The summed E-state index contributed by atoms with van der Waals surface area (Å²) >= 11 is 3.77. The van der Waals surface area contributed by atoms with Gasteiger partial charge < -0.3 is 4.84 Å². The maximum absolute atomic E-state index is 10.3. The van der Waals surface area contributed by atoms with Crippen LogP contribution in [0.4, 0.5) is 0 Å².